The molecule has 0 saturated heterocycles. The van der Waals surface area contributed by atoms with Gasteiger partial charge < -0.3 is 14.2 Å². The Labute approximate surface area is 202 Å². The van der Waals surface area contributed by atoms with Gasteiger partial charge in [-0.05, 0) is 29.0 Å². The second-order valence-electron chi connectivity index (χ2n) is 8.82. The summed E-state index contributed by atoms with van der Waals surface area (Å²) in [5.41, 5.74) is 4.45. The summed E-state index contributed by atoms with van der Waals surface area (Å²) in [6, 6.07) is 34.6. The van der Waals surface area contributed by atoms with Crippen LogP contribution in [0.3, 0.4) is 0 Å². The van der Waals surface area contributed by atoms with E-state index >= 15 is 0 Å². The molecule has 0 aliphatic rings. The minimum Gasteiger partial charge on any atom is -0.489 e. The molecule has 0 aromatic heterocycles. The fourth-order valence-corrected chi connectivity index (χ4v) is 3.76. The first-order valence-corrected chi connectivity index (χ1v) is 11.8. The van der Waals surface area contributed by atoms with E-state index in [4.69, 9.17) is 14.2 Å². The zero-order chi connectivity index (χ0) is 23.6. The van der Waals surface area contributed by atoms with Crippen molar-refractivity contribution >= 4 is 0 Å². The lowest BCUT2D eigenvalue weighted by atomic mass is 10.0. The minimum atomic E-state index is 0.453. The van der Waals surface area contributed by atoms with Crippen LogP contribution < -0.4 is 14.2 Å². The first kappa shape index (κ1) is 23.4. The first-order valence-electron chi connectivity index (χ1n) is 11.8. The fraction of sp³-hybridized carbons (Fsp3) is 0.226. The van der Waals surface area contributed by atoms with Gasteiger partial charge in [0, 0.05) is 17.7 Å². The number of ether oxygens (including phenoxy) is 3. The van der Waals surface area contributed by atoms with Crippen LogP contribution >= 0.6 is 0 Å². The Morgan fingerprint density at radius 3 is 1.29 bits per heavy atom. The second-order valence-corrected chi connectivity index (χ2v) is 8.82. The third-order valence-corrected chi connectivity index (χ3v) is 5.48. The molecule has 0 amide bonds. The highest BCUT2D eigenvalue weighted by molar-refractivity contribution is 5.51. The summed E-state index contributed by atoms with van der Waals surface area (Å²) in [5.74, 6) is 2.81. The van der Waals surface area contributed by atoms with Crippen LogP contribution in [0.4, 0.5) is 0 Å². The van der Waals surface area contributed by atoms with Crippen LogP contribution in [0.2, 0.25) is 0 Å². The highest BCUT2D eigenvalue weighted by Gasteiger charge is 2.17. The van der Waals surface area contributed by atoms with Crippen LogP contribution in [-0.2, 0) is 26.2 Å². The molecule has 0 spiro atoms. The van der Waals surface area contributed by atoms with Crippen molar-refractivity contribution in [2.24, 2.45) is 5.92 Å². The van der Waals surface area contributed by atoms with E-state index in [0.29, 0.717) is 25.7 Å². The number of hydrogen-bond donors (Lipinski definition) is 0. The van der Waals surface area contributed by atoms with Crippen molar-refractivity contribution < 1.29 is 14.2 Å². The molecular formula is C31H32O3. The van der Waals surface area contributed by atoms with Crippen LogP contribution in [-0.4, -0.2) is 0 Å². The van der Waals surface area contributed by atoms with Crippen molar-refractivity contribution in [1.82, 2.24) is 0 Å². The van der Waals surface area contributed by atoms with Gasteiger partial charge in [-0.15, -0.1) is 0 Å². The molecule has 0 atom stereocenters. The van der Waals surface area contributed by atoms with E-state index in [2.05, 4.69) is 50.2 Å². The normalized spacial score (nSPS) is 10.8. The number of rotatable bonds is 11. The van der Waals surface area contributed by atoms with Crippen molar-refractivity contribution in [3.8, 4) is 17.2 Å². The Morgan fingerprint density at radius 2 is 0.912 bits per heavy atom. The molecule has 34 heavy (non-hydrogen) atoms. The predicted molar refractivity (Wildman–Crippen MR) is 137 cm³/mol. The SMILES string of the molecule is CC(C)Cc1c(OCc2ccccc2)cc(OCc2ccccc2)cc1OCc1ccccc1. The minimum absolute atomic E-state index is 0.453. The summed E-state index contributed by atoms with van der Waals surface area (Å²) in [6.45, 7) is 5.89. The monoisotopic (exact) mass is 452 g/mol. The molecule has 3 heteroatoms. The maximum Gasteiger partial charge on any atom is 0.130 e. The van der Waals surface area contributed by atoms with Crippen molar-refractivity contribution in [3.05, 3.63) is 125 Å². The fourth-order valence-electron chi connectivity index (χ4n) is 3.76. The molecule has 174 valence electrons. The summed E-state index contributed by atoms with van der Waals surface area (Å²) in [7, 11) is 0. The van der Waals surface area contributed by atoms with Crippen LogP contribution in [0.15, 0.2) is 103 Å². The van der Waals surface area contributed by atoms with Crippen LogP contribution in [0, 0.1) is 5.92 Å². The molecule has 0 saturated carbocycles. The maximum absolute atomic E-state index is 6.35. The van der Waals surface area contributed by atoms with E-state index in [9.17, 15) is 0 Å². The summed E-state index contributed by atoms with van der Waals surface area (Å²) >= 11 is 0. The van der Waals surface area contributed by atoms with E-state index in [1.807, 2.05) is 66.7 Å². The zero-order valence-electron chi connectivity index (χ0n) is 19.9. The quantitative estimate of drug-likeness (QED) is 0.234. The molecule has 0 bridgehead atoms. The van der Waals surface area contributed by atoms with Gasteiger partial charge in [-0.2, -0.15) is 0 Å². The lowest BCUT2D eigenvalue weighted by molar-refractivity contribution is 0.269. The average Bonchev–Trinajstić information content (AvgIpc) is 2.87. The van der Waals surface area contributed by atoms with E-state index in [0.717, 1.165) is 45.9 Å². The van der Waals surface area contributed by atoms with E-state index in [1.54, 1.807) is 0 Å². The van der Waals surface area contributed by atoms with Crippen LogP contribution in [0.1, 0.15) is 36.1 Å². The second kappa shape index (κ2) is 11.9. The smallest absolute Gasteiger partial charge is 0.130 e. The third-order valence-electron chi connectivity index (χ3n) is 5.48. The Hall–Kier alpha value is -3.72. The largest absolute Gasteiger partial charge is 0.489 e. The summed E-state index contributed by atoms with van der Waals surface area (Å²) in [6.07, 6.45) is 0.854. The van der Waals surface area contributed by atoms with Crippen molar-refractivity contribution in [3.63, 3.8) is 0 Å². The molecule has 0 unspecified atom stereocenters. The molecule has 0 aliphatic heterocycles. The molecular weight excluding hydrogens is 420 g/mol. The van der Waals surface area contributed by atoms with Gasteiger partial charge >= 0.3 is 0 Å². The Balaban J connectivity index is 1.62. The molecule has 0 N–H and O–H groups in total. The van der Waals surface area contributed by atoms with E-state index in [1.165, 1.54) is 0 Å². The Bertz CT molecular complexity index is 1070. The molecule has 3 nitrogen and oxygen atoms in total. The summed E-state index contributed by atoms with van der Waals surface area (Å²) in [5, 5.41) is 0. The predicted octanol–water partition coefficient (Wildman–Crippen LogP) is 7.62. The van der Waals surface area contributed by atoms with E-state index < -0.39 is 0 Å². The van der Waals surface area contributed by atoms with Crippen LogP contribution in [0.25, 0.3) is 0 Å². The Morgan fingerprint density at radius 1 is 0.529 bits per heavy atom. The maximum atomic E-state index is 6.35. The number of benzene rings is 4. The first-order chi connectivity index (χ1) is 16.7. The standard InChI is InChI=1S/C31H32O3/c1-24(2)18-29-30(33-22-26-14-8-4-9-15-26)19-28(32-21-25-12-6-3-7-13-25)20-31(29)34-23-27-16-10-5-11-17-27/h3-17,19-20,24H,18,21-23H2,1-2H3. The summed E-state index contributed by atoms with van der Waals surface area (Å²) in [4.78, 5) is 0. The average molecular weight is 453 g/mol. The molecule has 0 radical (unpaired) electrons. The van der Waals surface area contributed by atoms with Crippen LogP contribution in [0.5, 0.6) is 17.2 Å². The van der Waals surface area contributed by atoms with Gasteiger partial charge in [0.05, 0.1) is 0 Å². The molecule has 4 aromatic carbocycles. The molecule has 0 fully saturated rings. The van der Waals surface area contributed by atoms with Gasteiger partial charge in [-0.1, -0.05) is 105 Å². The van der Waals surface area contributed by atoms with Gasteiger partial charge in [0.15, 0.2) is 0 Å². The van der Waals surface area contributed by atoms with Gasteiger partial charge in [0.2, 0.25) is 0 Å². The third kappa shape index (κ3) is 6.89. The zero-order valence-corrected chi connectivity index (χ0v) is 19.9. The summed E-state index contributed by atoms with van der Waals surface area (Å²) < 4.78 is 18.9. The highest BCUT2D eigenvalue weighted by Crippen LogP contribution is 2.37. The van der Waals surface area contributed by atoms with Gasteiger partial charge in [0.1, 0.15) is 37.1 Å². The molecule has 0 aliphatic carbocycles. The number of hydrogen-bond acceptors (Lipinski definition) is 3. The lowest BCUT2D eigenvalue weighted by Crippen LogP contribution is -2.07. The van der Waals surface area contributed by atoms with Gasteiger partial charge in [-0.25, -0.2) is 0 Å². The van der Waals surface area contributed by atoms with Crippen molar-refractivity contribution in [2.75, 3.05) is 0 Å². The Kier molecular flexibility index (Phi) is 8.23. The van der Waals surface area contributed by atoms with Gasteiger partial charge in [0.25, 0.3) is 0 Å². The molecule has 4 rings (SSSR count). The van der Waals surface area contributed by atoms with Crippen molar-refractivity contribution in [2.45, 2.75) is 40.1 Å². The molecule has 4 aromatic rings. The topological polar surface area (TPSA) is 27.7 Å². The van der Waals surface area contributed by atoms with Gasteiger partial charge in [-0.3, -0.25) is 0 Å². The highest BCUT2D eigenvalue weighted by atomic mass is 16.5. The lowest BCUT2D eigenvalue weighted by Gasteiger charge is -2.20. The molecule has 0 heterocycles. The van der Waals surface area contributed by atoms with E-state index in [-0.39, 0.29) is 0 Å². The van der Waals surface area contributed by atoms with Crippen molar-refractivity contribution in [1.29, 1.82) is 0 Å².